The van der Waals surface area contributed by atoms with Crippen LogP contribution in [0, 0.1) is 18.6 Å². The summed E-state index contributed by atoms with van der Waals surface area (Å²) in [5.74, 6) is -2.70. The molecule has 0 aliphatic carbocycles. The van der Waals surface area contributed by atoms with Gasteiger partial charge in [0.25, 0.3) is 5.91 Å². The fourth-order valence-electron chi connectivity index (χ4n) is 1.70. The molecule has 0 unspecified atom stereocenters. The largest absolute Gasteiger partial charge is 0.397 e. The van der Waals surface area contributed by atoms with Gasteiger partial charge in [-0.25, -0.2) is 8.78 Å². The van der Waals surface area contributed by atoms with Crippen molar-refractivity contribution in [1.82, 2.24) is 0 Å². The van der Waals surface area contributed by atoms with Crippen LogP contribution in [0.1, 0.15) is 15.9 Å². The summed E-state index contributed by atoms with van der Waals surface area (Å²) < 4.78 is 26.9. The molecule has 0 radical (unpaired) electrons. The molecule has 0 atom stereocenters. The molecule has 0 aliphatic heterocycles. The first-order chi connectivity index (χ1) is 8.99. The zero-order chi connectivity index (χ0) is 14.0. The van der Waals surface area contributed by atoms with E-state index in [2.05, 4.69) is 5.32 Å². The topological polar surface area (TPSA) is 55.1 Å². The highest BCUT2D eigenvalue weighted by atomic mass is 19.1. The van der Waals surface area contributed by atoms with Crippen LogP contribution in [0.25, 0.3) is 0 Å². The lowest BCUT2D eigenvalue weighted by Gasteiger charge is -2.09. The molecule has 2 aromatic rings. The van der Waals surface area contributed by atoms with E-state index in [-0.39, 0.29) is 0 Å². The molecule has 3 nitrogen and oxygen atoms in total. The third kappa shape index (κ3) is 2.70. The second-order valence-electron chi connectivity index (χ2n) is 4.14. The van der Waals surface area contributed by atoms with Gasteiger partial charge in [0.2, 0.25) is 0 Å². The van der Waals surface area contributed by atoms with Crippen molar-refractivity contribution in [2.24, 2.45) is 0 Å². The Morgan fingerprint density at radius 2 is 1.79 bits per heavy atom. The minimum absolute atomic E-state index is 0.318. The van der Waals surface area contributed by atoms with Gasteiger partial charge < -0.3 is 11.1 Å². The van der Waals surface area contributed by atoms with Gasteiger partial charge in [-0.1, -0.05) is 12.1 Å². The van der Waals surface area contributed by atoms with Crippen LogP contribution in [0.4, 0.5) is 20.2 Å². The predicted molar refractivity (Wildman–Crippen MR) is 69.9 cm³/mol. The molecule has 1 amide bonds. The number of aryl methyl sites for hydroxylation is 1. The van der Waals surface area contributed by atoms with Gasteiger partial charge in [0, 0.05) is 0 Å². The van der Waals surface area contributed by atoms with Crippen LogP contribution in [0.5, 0.6) is 0 Å². The third-order valence-corrected chi connectivity index (χ3v) is 2.65. The Hall–Kier alpha value is -2.43. The number of carbonyl (C=O) groups excluding carboxylic acids is 1. The molecule has 5 heteroatoms. The van der Waals surface area contributed by atoms with Gasteiger partial charge in [0.1, 0.15) is 17.2 Å². The van der Waals surface area contributed by atoms with E-state index in [1.807, 2.05) is 6.92 Å². The zero-order valence-corrected chi connectivity index (χ0v) is 10.2. The maximum absolute atomic E-state index is 13.4. The number of benzene rings is 2. The number of rotatable bonds is 2. The number of anilines is 2. The van der Waals surface area contributed by atoms with E-state index >= 15 is 0 Å². The molecular formula is C14H12F2N2O. The molecule has 98 valence electrons. The fraction of sp³-hybridized carbons (Fsp3) is 0.0714. The summed E-state index contributed by atoms with van der Waals surface area (Å²) in [5.41, 5.74) is 6.68. The van der Waals surface area contributed by atoms with Crippen molar-refractivity contribution in [2.75, 3.05) is 11.1 Å². The van der Waals surface area contributed by atoms with Crippen molar-refractivity contribution >= 4 is 17.3 Å². The Morgan fingerprint density at radius 3 is 2.37 bits per heavy atom. The summed E-state index contributed by atoms with van der Waals surface area (Å²) in [6.45, 7) is 1.85. The van der Waals surface area contributed by atoms with Crippen LogP contribution in [0.15, 0.2) is 36.4 Å². The molecule has 2 rings (SSSR count). The molecule has 0 bridgehead atoms. The monoisotopic (exact) mass is 262 g/mol. The molecule has 0 saturated carbocycles. The average molecular weight is 262 g/mol. The summed E-state index contributed by atoms with van der Waals surface area (Å²) in [7, 11) is 0. The Kier molecular flexibility index (Phi) is 3.46. The van der Waals surface area contributed by atoms with E-state index in [9.17, 15) is 13.6 Å². The van der Waals surface area contributed by atoms with Gasteiger partial charge in [-0.2, -0.15) is 0 Å². The molecule has 0 heterocycles. The highest BCUT2D eigenvalue weighted by Crippen LogP contribution is 2.21. The zero-order valence-electron chi connectivity index (χ0n) is 10.2. The summed E-state index contributed by atoms with van der Waals surface area (Å²) in [6, 6.07) is 8.23. The van der Waals surface area contributed by atoms with Gasteiger partial charge in [-0.05, 0) is 36.8 Å². The van der Waals surface area contributed by atoms with Gasteiger partial charge in [-0.15, -0.1) is 0 Å². The van der Waals surface area contributed by atoms with Crippen LogP contribution in [0.2, 0.25) is 0 Å². The molecule has 0 spiro atoms. The van der Waals surface area contributed by atoms with Crippen LogP contribution < -0.4 is 11.1 Å². The van der Waals surface area contributed by atoms with E-state index < -0.39 is 23.1 Å². The molecule has 19 heavy (non-hydrogen) atoms. The lowest BCUT2D eigenvalue weighted by atomic mass is 10.1. The first-order valence-corrected chi connectivity index (χ1v) is 5.60. The molecule has 0 aromatic heterocycles. The number of hydrogen-bond acceptors (Lipinski definition) is 2. The lowest BCUT2D eigenvalue weighted by molar-refractivity contribution is 0.101. The minimum atomic E-state index is -0.914. The lowest BCUT2D eigenvalue weighted by Crippen LogP contribution is -2.16. The summed E-state index contributed by atoms with van der Waals surface area (Å²) >= 11 is 0. The fourth-order valence-corrected chi connectivity index (χ4v) is 1.70. The minimum Gasteiger partial charge on any atom is -0.397 e. The van der Waals surface area contributed by atoms with Crippen molar-refractivity contribution in [3.8, 4) is 0 Å². The highest BCUT2D eigenvalue weighted by Gasteiger charge is 2.17. The number of nitrogen functional groups attached to an aromatic ring is 1. The van der Waals surface area contributed by atoms with Gasteiger partial charge >= 0.3 is 0 Å². The second kappa shape index (κ2) is 5.06. The van der Waals surface area contributed by atoms with Gasteiger partial charge in [-0.3, -0.25) is 4.79 Å². The van der Waals surface area contributed by atoms with Crippen LogP contribution >= 0.6 is 0 Å². The maximum atomic E-state index is 13.4. The number of nitrogens with one attached hydrogen (secondary N) is 1. The van der Waals surface area contributed by atoms with E-state index in [1.165, 1.54) is 6.07 Å². The van der Waals surface area contributed by atoms with Crippen molar-refractivity contribution in [3.63, 3.8) is 0 Å². The first-order valence-electron chi connectivity index (χ1n) is 5.60. The highest BCUT2D eigenvalue weighted by molar-refractivity contribution is 6.06. The van der Waals surface area contributed by atoms with Crippen LogP contribution in [-0.2, 0) is 0 Å². The predicted octanol–water partition coefficient (Wildman–Crippen LogP) is 3.11. The van der Waals surface area contributed by atoms with Crippen molar-refractivity contribution < 1.29 is 13.6 Å². The van der Waals surface area contributed by atoms with Gasteiger partial charge in [0.05, 0.1) is 11.4 Å². The van der Waals surface area contributed by atoms with Crippen LogP contribution in [0.3, 0.4) is 0 Å². The summed E-state index contributed by atoms with van der Waals surface area (Å²) in [4.78, 5) is 11.8. The smallest absolute Gasteiger partial charge is 0.261 e. The summed E-state index contributed by atoms with van der Waals surface area (Å²) in [6.07, 6.45) is 0. The number of halogens is 2. The molecule has 0 fully saturated rings. The van der Waals surface area contributed by atoms with E-state index in [0.717, 1.165) is 17.7 Å². The van der Waals surface area contributed by atoms with Crippen molar-refractivity contribution in [2.45, 2.75) is 6.92 Å². The Balaban J connectivity index is 2.31. The molecule has 0 aliphatic rings. The average Bonchev–Trinajstić information content (AvgIpc) is 2.32. The molecule has 3 N–H and O–H groups in total. The number of carbonyl (C=O) groups is 1. The standard InChI is InChI=1S/C14H12F2N2O/c1-8-5-6-12(11(17)7-8)18-14(19)13-9(15)3-2-4-10(13)16/h2-7H,17H2,1H3,(H,18,19). The maximum Gasteiger partial charge on any atom is 0.261 e. The first kappa shape index (κ1) is 13.0. The number of nitrogens with two attached hydrogens (primary N) is 1. The van der Waals surface area contributed by atoms with E-state index in [4.69, 9.17) is 5.73 Å². The van der Waals surface area contributed by atoms with E-state index in [0.29, 0.717) is 11.4 Å². The SMILES string of the molecule is Cc1ccc(NC(=O)c2c(F)cccc2F)c(N)c1. The van der Waals surface area contributed by atoms with Crippen molar-refractivity contribution in [3.05, 3.63) is 59.2 Å². The molecule has 0 saturated heterocycles. The second-order valence-corrected chi connectivity index (χ2v) is 4.14. The third-order valence-electron chi connectivity index (χ3n) is 2.65. The summed E-state index contributed by atoms with van der Waals surface area (Å²) in [5, 5.41) is 2.39. The van der Waals surface area contributed by atoms with E-state index in [1.54, 1.807) is 18.2 Å². The number of amides is 1. The Morgan fingerprint density at radius 1 is 1.16 bits per heavy atom. The normalized spacial score (nSPS) is 10.3. The van der Waals surface area contributed by atoms with Crippen LogP contribution in [-0.4, -0.2) is 5.91 Å². The molecular weight excluding hydrogens is 250 g/mol. The Labute approximate surface area is 109 Å². The Bertz CT molecular complexity index is 621. The molecule has 2 aromatic carbocycles. The quantitative estimate of drug-likeness (QED) is 0.817. The van der Waals surface area contributed by atoms with Gasteiger partial charge in [0.15, 0.2) is 0 Å². The number of hydrogen-bond donors (Lipinski definition) is 2. The van der Waals surface area contributed by atoms with Crippen molar-refractivity contribution in [1.29, 1.82) is 0 Å².